The van der Waals surface area contributed by atoms with Gasteiger partial charge < -0.3 is 0 Å². The van der Waals surface area contributed by atoms with E-state index in [1.54, 1.807) is 6.07 Å². The highest BCUT2D eigenvalue weighted by Gasteiger charge is 2.20. The first kappa shape index (κ1) is 13.7. The minimum atomic E-state index is -0.608. The number of nitro groups is 1. The third-order valence-electron chi connectivity index (χ3n) is 3.29. The molecule has 0 saturated carbocycles. The molecule has 0 aliphatic rings. The molecule has 0 radical (unpaired) electrons. The van der Waals surface area contributed by atoms with Crippen molar-refractivity contribution in [1.29, 1.82) is 0 Å². The Morgan fingerprint density at radius 3 is 2.45 bits per heavy atom. The van der Waals surface area contributed by atoms with Crippen LogP contribution in [-0.4, -0.2) is 29.1 Å². The first-order valence-electron chi connectivity index (χ1n) is 6.18. The summed E-state index contributed by atoms with van der Waals surface area (Å²) in [4.78, 5) is 35.4. The molecular formula is C12H10N6O4. The molecule has 0 bridgehead atoms. The maximum absolute atomic E-state index is 12.1. The number of para-hydroxylation sites is 2. The highest BCUT2D eigenvalue weighted by atomic mass is 16.6. The van der Waals surface area contributed by atoms with Gasteiger partial charge in [0, 0.05) is 20.2 Å². The van der Waals surface area contributed by atoms with Gasteiger partial charge in [-0.15, -0.1) is 15.0 Å². The minimum absolute atomic E-state index is 0.0391. The lowest BCUT2D eigenvalue weighted by Crippen LogP contribution is -2.36. The fraction of sp³-hybridized carbons (Fsp3) is 0.167. The number of nitro benzene ring substituents is 1. The third kappa shape index (κ3) is 1.81. The van der Waals surface area contributed by atoms with Crippen molar-refractivity contribution in [3.63, 3.8) is 0 Å². The van der Waals surface area contributed by atoms with E-state index in [0.717, 1.165) is 13.9 Å². The number of nitrogens with zero attached hydrogens (tertiary/aromatic N) is 6. The topological polar surface area (TPSA) is 118 Å². The Labute approximate surface area is 122 Å². The Hall–Kier alpha value is -3.30. The van der Waals surface area contributed by atoms with Gasteiger partial charge >= 0.3 is 5.69 Å². The van der Waals surface area contributed by atoms with Gasteiger partial charge in [0.15, 0.2) is 16.9 Å². The zero-order chi connectivity index (χ0) is 16.0. The molecule has 0 aliphatic heterocycles. The second kappa shape index (κ2) is 4.62. The Bertz CT molecular complexity index is 1030. The van der Waals surface area contributed by atoms with Gasteiger partial charge in [-0.1, -0.05) is 12.1 Å². The van der Waals surface area contributed by atoms with Crippen molar-refractivity contribution in [2.24, 2.45) is 14.1 Å². The molecule has 3 aromatic rings. The van der Waals surface area contributed by atoms with Crippen LogP contribution in [0, 0.1) is 10.1 Å². The van der Waals surface area contributed by atoms with Crippen molar-refractivity contribution in [1.82, 2.24) is 24.1 Å². The van der Waals surface area contributed by atoms with Crippen molar-refractivity contribution in [2.75, 3.05) is 0 Å². The van der Waals surface area contributed by atoms with Gasteiger partial charge in [-0.3, -0.25) is 24.0 Å². The maximum Gasteiger partial charge on any atom is 0.332 e. The molecule has 0 unspecified atom stereocenters. The summed E-state index contributed by atoms with van der Waals surface area (Å²) >= 11 is 0. The second-order valence-corrected chi connectivity index (χ2v) is 4.61. The van der Waals surface area contributed by atoms with E-state index in [0.29, 0.717) is 0 Å². The number of hydrogen-bond donors (Lipinski definition) is 0. The van der Waals surface area contributed by atoms with Crippen LogP contribution in [0.2, 0.25) is 0 Å². The van der Waals surface area contributed by atoms with Crippen LogP contribution >= 0.6 is 0 Å². The van der Waals surface area contributed by atoms with E-state index in [4.69, 9.17) is 0 Å². The van der Waals surface area contributed by atoms with Gasteiger partial charge in [0.05, 0.1) is 4.92 Å². The smallest absolute Gasteiger partial charge is 0.278 e. The molecule has 1 aromatic carbocycles. The standard InChI is InChI=1S/C12H10N6O4/c1-15-10-9(11(19)16(2)12(15)20)13-17(14-10)7-5-3-4-6-8(7)18(21)22/h3-6H,1-2H3. The van der Waals surface area contributed by atoms with Crippen LogP contribution in [-0.2, 0) is 14.1 Å². The fourth-order valence-corrected chi connectivity index (χ4v) is 2.12. The number of hydrogen-bond acceptors (Lipinski definition) is 6. The van der Waals surface area contributed by atoms with Crippen LogP contribution < -0.4 is 11.2 Å². The normalized spacial score (nSPS) is 11.0. The number of aromatic nitrogens is 5. The predicted molar refractivity (Wildman–Crippen MR) is 76.0 cm³/mol. The van der Waals surface area contributed by atoms with Crippen molar-refractivity contribution < 1.29 is 4.92 Å². The average molecular weight is 302 g/mol. The molecule has 0 fully saturated rings. The highest BCUT2D eigenvalue weighted by Crippen LogP contribution is 2.21. The summed E-state index contributed by atoms with van der Waals surface area (Å²) in [6.45, 7) is 0. The molecule has 0 N–H and O–H groups in total. The molecule has 10 nitrogen and oxygen atoms in total. The summed E-state index contributed by atoms with van der Waals surface area (Å²) in [5.74, 6) is 0. The molecule has 0 amide bonds. The van der Waals surface area contributed by atoms with Crippen LogP contribution in [0.5, 0.6) is 0 Å². The summed E-state index contributed by atoms with van der Waals surface area (Å²) in [6.07, 6.45) is 0. The summed E-state index contributed by atoms with van der Waals surface area (Å²) in [5.41, 5.74) is -1.23. The molecule has 3 rings (SSSR count). The lowest BCUT2D eigenvalue weighted by atomic mass is 10.3. The largest absolute Gasteiger partial charge is 0.332 e. The fourth-order valence-electron chi connectivity index (χ4n) is 2.12. The van der Waals surface area contributed by atoms with E-state index in [1.807, 2.05) is 0 Å². The summed E-state index contributed by atoms with van der Waals surface area (Å²) in [7, 11) is 2.77. The Morgan fingerprint density at radius 2 is 1.77 bits per heavy atom. The van der Waals surface area contributed by atoms with Crippen molar-refractivity contribution in [3.05, 3.63) is 55.2 Å². The van der Waals surface area contributed by atoms with Crippen molar-refractivity contribution >= 4 is 16.9 Å². The van der Waals surface area contributed by atoms with E-state index >= 15 is 0 Å². The average Bonchev–Trinajstić information content (AvgIpc) is 2.96. The number of benzene rings is 1. The highest BCUT2D eigenvalue weighted by molar-refractivity contribution is 5.69. The third-order valence-corrected chi connectivity index (χ3v) is 3.29. The molecule has 10 heteroatoms. The zero-order valence-corrected chi connectivity index (χ0v) is 11.6. The number of rotatable bonds is 2. The molecule has 2 heterocycles. The van der Waals surface area contributed by atoms with Crippen LogP contribution in [0.25, 0.3) is 16.9 Å². The molecule has 22 heavy (non-hydrogen) atoms. The van der Waals surface area contributed by atoms with Crippen molar-refractivity contribution in [2.45, 2.75) is 0 Å². The molecular weight excluding hydrogens is 292 g/mol. The zero-order valence-electron chi connectivity index (χ0n) is 11.6. The summed E-state index contributed by atoms with van der Waals surface area (Å²) in [6, 6.07) is 5.87. The van der Waals surface area contributed by atoms with Gasteiger partial charge in [-0.05, 0) is 6.07 Å². The molecule has 0 saturated heterocycles. The van der Waals surface area contributed by atoms with Crippen LogP contribution in [0.4, 0.5) is 5.69 Å². The predicted octanol–water partition coefficient (Wildman–Crippen LogP) is -0.274. The van der Waals surface area contributed by atoms with Gasteiger partial charge in [-0.25, -0.2) is 4.79 Å². The molecule has 0 atom stereocenters. The van der Waals surface area contributed by atoms with Gasteiger partial charge in [-0.2, -0.15) is 0 Å². The number of fused-ring (bicyclic) bond motifs is 1. The van der Waals surface area contributed by atoms with Gasteiger partial charge in [0.25, 0.3) is 11.2 Å². The van der Waals surface area contributed by atoms with E-state index in [-0.39, 0.29) is 22.5 Å². The maximum atomic E-state index is 12.1. The Kier molecular flexibility index (Phi) is 2.87. The lowest BCUT2D eigenvalue weighted by Gasteiger charge is -2.00. The SMILES string of the molecule is Cn1c(=O)c2nn(-c3ccccc3[N+](=O)[O-])nc2n(C)c1=O. The van der Waals surface area contributed by atoms with Gasteiger partial charge in [0.1, 0.15) is 0 Å². The molecule has 2 aromatic heterocycles. The van der Waals surface area contributed by atoms with E-state index in [1.165, 1.54) is 32.3 Å². The van der Waals surface area contributed by atoms with E-state index in [9.17, 15) is 19.7 Å². The Balaban J connectivity index is 2.39. The van der Waals surface area contributed by atoms with Crippen LogP contribution in [0.1, 0.15) is 0 Å². The molecule has 0 aliphatic carbocycles. The summed E-state index contributed by atoms with van der Waals surface area (Å²) in [5, 5.41) is 19.1. The van der Waals surface area contributed by atoms with Crippen LogP contribution in [0.3, 0.4) is 0 Å². The second-order valence-electron chi connectivity index (χ2n) is 4.61. The first-order chi connectivity index (χ1) is 10.4. The Morgan fingerprint density at radius 1 is 1.09 bits per heavy atom. The quantitative estimate of drug-likeness (QED) is 0.475. The number of aryl methyl sites for hydroxylation is 1. The van der Waals surface area contributed by atoms with E-state index < -0.39 is 16.2 Å². The molecule has 112 valence electrons. The van der Waals surface area contributed by atoms with Crippen molar-refractivity contribution in [3.8, 4) is 5.69 Å². The monoisotopic (exact) mass is 302 g/mol. The minimum Gasteiger partial charge on any atom is -0.278 e. The first-order valence-corrected chi connectivity index (χ1v) is 6.18. The lowest BCUT2D eigenvalue weighted by molar-refractivity contribution is -0.384. The van der Waals surface area contributed by atoms with Gasteiger partial charge in [0.2, 0.25) is 0 Å². The van der Waals surface area contributed by atoms with E-state index in [2.05, 4.69) is 10.2 Å². The van der Waals surface area contributed by atoms with Crippen LogP contribution in [0.15, 0.2) is 33.9 Å². The summed E-state index contributed by atoms with van der Waals surface area (Å²) < 4.78 is 2.07. The molecule has 0 spiro atoms.